The summed E-state index contributed by atoms with van der Waals surface area (Å²) in [7, 11) is 1.61. The van der Waals surface area contributed by atoms with E-state index in [1.54, 1.807) is 25.5 Å². The number of methoxy groups -OCH3 is 1. The van der Waals surface area contributed by atoms with Crippen LogP contribution in [0.25, 0.3) is 0 Å². The van der Waals surface area contributed by atoms with Crippen molar-refractivity contribution < 1.29 is 32.6 Å². The third-order valence-corrected chi connectivity index (χ3v) is 5.63. The van der Waals surface area contributed by atoms with Crippen molar-refractivity contribution in [3.05, 3.63) is 89.4 Å². The molecule has 0 fully saturated rings. The van der Waals surface area contributed by atoms with Crippen LogP contribution in [-0.4, -0.2) is 54.7 Å². The molecule has 0 saturated carbocycles. The molecule has 0 amide bonds. The molecule has 186 valence electrons. The Morgan fingerprint density at radius 3 is 2.71 bits per heavy atom. The Labute approximate surface area is 202 Å². The highest BCUT2D eigenvalue weighted by molar-refractivity contribution is 6.01. The molecule has 2 heterocycles. The van der Waals surface area contributed by atoms with E-state index in [9.17, 15) is 13.9 Å². The molecule has 1 aromatic heterocycles. The third-order valence-electron chi connectivity index (χ3n) is 5.63. The van der Waals surface area contributed by atoms with E-state index in [1.807, 2.05) is 29.2 Å². The minimum atomic E-state index is -0.836. The molecule has 7 nitrogen and oxygen atoms in total. The van der Waals surface area contributed by atoms with Gasteiger partial charge in [0.1, 0.15) is 35.9 Å². The molecule has 2 atom stereocenters. The Balaban J connectivity index is 1.36. The molecule has 0 aliphatic carbocycles. The molecule has 1 aliphatic heterocycles. The second-order valence-electron chi connectivity index (χ2n) is 8.38. The molecule has 1 aliphatic rings. The van der Waals surface area contributed by atoms with Gasteiger partial charge in [-0.3, -0.25) is 4.90 Å². The van der Waals surface area contributed by atoms with Gasteiger partial charge in [0.05, 0.1) is 31.8 Å². The quantitative estimate of drug-likeness (QED) is 0.415. The van der Waals surface area contributed by atoms with Crippen LogP contribution in [0.1, 0.15) is 23.3 Å². The highest BCUT2D eigenvalue weighted by Crippen LogP contribution is 2.21. The van der Waals surface area contributed by atoms with Crippen molar-refractivity contribution in [1.82, 2.24) is 4.90 Å². The van der Waals surface area contributed by atoms with Crippen LogP contribution in [-0.2, 0) is 22.7 Å². The van der Waals surface area contributed by atoms with E-state index in [0.717, 1.165) is 23.1 Å². The maximum atomic E-state index is 14.3. The maximum Gasteiger partial charge on any atom is 0.145 e. The SMILES string of the molecule is COc1ccc(C2=NO[C@H](CN(Cc3ccc(F)cc3F)C[C@@H](O)COCc3ccco3)C2)cc1. The van der Waals surface area contributed by atoms with Crippen LogP contribution in [0.5, 0.6) is 5.75 Å². The lowest BCUT2D eigenvalue weighted by atomic mass is 10.0. The maximum absolute atomic E-state index is 14.3. The van der Waals surface area contributed by atoms with Crippen LogP contribution >= 0.6 is 0 Å². The number of aliphatic hydroxyl groups excluding tert-OH is 1. The van der Waals surface area contributed by atoms with Crippen LogP contribution in [0.2, 0.25) is 0 Å². The molecule has 0 unspecified atom stereocenters. The number of benzene rings is 2. The lowest BCUT2D eigenvalue weighted by molar-refractivity contribution is -0.00976. The van der Waals surface area contributed by atoms with Gasteiger partial charge in [0.15, 0.2) is 0 Å². The lowest BCUT2D eigenvalue weighted by Crippen LogP contribution is -2.39. The summed E-state index contributed by atoms with van der Waals surface area (Å²) in [5.74, 6) is 0.132. The van der Waals surface area contributed by atoms with Gasteiger partial charge in [-0.15, -0.1) is 0 Å². The Bertz CT molecular complexity index is 1110. The van der Waals surface area contributed by atoms with Crippen molar-refractivity contribution in [2.75, 3.05) is 26.8 Å². The monoisotopic (exact) mass is 486 g/mol. The summed E-state index contributed by atoms with van der Waals surface area (Å²) in [6.07, 6.45) is 0.987. The normalized spacial score (nSPS) is 16.3. The minimum Gasteiger partial charge on any atom is -0.497 e. The number of halogens is 2. The van der Waals surface area contributed by atoms with Gasteiger partial charge in [-0.25, -0.2) is 8.78 Å². The van der Waals surface area contributed by atoms with Crippen LogP contribution in [0.4, 0.5) is 8.78 Å². The molecule has 4 rings (SSSR count). The zero-order valence-electron chi connectivity index (χ0n) is 19.4. The second kappa shape index (κ2) is 11.9. The van der Waals surface area contributed by atoms with E-state index in [4.69, 9.17) is 18.7 Å². The van der Waals surface area contributed by atoms with E-state index >= 15 is 0 Å². The van der Waals surface area contributed by atoms with E-state index in [2.05, 4.69) is 5.16 Å². The number of nitrogens with zero attached hydrogens (tertiary/aromatic N) is 2. The van der Waals surface area contributed by atoms with Gasteiger partial charge in [0, 0.05) is 37.7 Å². The number of aliphatic hydroxyl groups is 1. The van der Waals surface area contributed by atoms with Crippen molar-refractivity contribution in [2.24, 2.45) is 5.16 Å². The average molecular weight is 487 g/mol. The summed E-state index contributed by atoms with van der Waals surface area (Å²) in [4.78, 5) is 7.50. The molecule has 0 spiro atoms. The summed E-state index contributed by atoms with van der Waals surface area (Å²) >= 11 is 0. The highest BCUT2D eigenvalue weighted by Gasteiger charge is 2.26. The molecule has 9 heteroatoms. The van der Waals surface area contributed by atoms with Gasteiger partial charge in [-0.05, 0) is 48.0 Å². The predicted molar refractivity (Wildman–Crippen MR) is 125 cm³/mol. The lowest BCUT2D eigenvalue weighted by Gasteiger charge is -2.27. The van der Waals surface area contributed by atoms with E-state index in [1.165, 1.54) is 12.1 Å². The molecule has 0 saturated heterocycles. The van der Waals surface area contributed by atoms with Crippen molar-refractivity contribution in [2.45, 2.75) is 31.8 Å². The van der Waals surface area contributed by atoms with E-state index < -0.39 is 17.7 Å². The third kappa shape index (κ3) is 7.11. The fourth-order valence-electron chi connectivity index (χ4n) is 3.90. The van der Waals surface area contributed by atoms with Gasteiger partial charge in [-0.2, -0.15) is 0 Å². The first-order valence-corrected chi connectivity index (χ1v) is 11.3. The van der Waals surface area contributed by atoms with Gasteiger partial charge >= 0.3 is 0 Å². The number of ether oxygens (including phenoxy) is 2. The van der Waals surface area contributed by atoms with Crippen LogP contribution in [0.15, 0.2) is 70.4 Å². The summed E-state index contributed by atoms with van der Waals surface area (Å²) in [5.41, 5.74) is 2.05. The van der Waals surface area contributed by atoms with Crippen LogP contribution in [0, 0.1) is 11.6 Å². The number of rotatable bonds is 12. The Kier molecular flexibility index (Phi) is 8.46. The second-order valence-corrected chi connectivity index (χ2v) is 8.38. The van der Waals surface area contributed by atoms with Crippen LogP contribution < -0.4 is 4.74 Å². The molecule has 3 aromatic rings. The molecular weight excluding hydrogens is 458 g/mol. The van der Waals surface area contributed by atoms with Gasteiger partial charge in [0.25, 0.3) is 0 Å². The van der Waals surface area contributed by atoms with Crippen molar-refractivity contribution >= 4 is 5.71 Å². The van der Waals surface area contributed by atoms with Gasteiger partial charge in [-0.1, -0.05) is 11.2 Å². The first kappa shape index (κ1) is 24.8. The molecule has 35 heavy (non-hydrogen) atoms. The Morgan fingerprint density at radius 1 is 1.17 bits per heavy atom. The molecule has 2 aromatic carbocycles. The first-order chi connectivity index (χ1) is 17.0. The number of hydrogen-bond donors (Lipinski definition) is 1. The van der Waals surface area contributed by atoms with Crippen molar-refractivity contribution in [3.8, 4) is 5.75 Å². The number of oxime groups is 1. The van der Waals surface area contributed by atoms with E-state index in [0.29, 0.717) is 24.3 Å². The predicted octanol–water partition coefficient (Wildman–Crippen LogP) is 4.14. The van der Waals surface area contributed by atoms with Gasteiger partial charge in [0.2, 0.25) is 0 Å². The zero-order valence-corrected chi connectivity index (χ0v) is 19.4. The average Bonchev–Trinajstić information content (AvgIpc) is 3.53. The molecular formula is C26H28F2N2O5. The standard InChI is InChI=1S/C26H28F2N2O5/c1-32-22-8-5-18(6-9-22)26-12-24(35-29-26)15-30(13-19-4-7-20(27)11-25(19)28)14-21(31)16-33-17-23-3-2-10-34-23/h2-11,21,24,31H,12-17H2,1H3/t21-,24+/m1/s1. The topological polar surface area (TPSA) is 76.7 Å². The van der Waals surface area contributed by atoms with E-state index in [-0.39, 0.29) is 32.4 Å². The summed E-state index contributed by atoms with van der Waals surface area (Å²) in [5, 5.41) is 14.8. The smallest absolute Gasteiger partial charge is 0.145 e. The highest BCUT2D eigenvalue weighted by atomic mass is 19.1. The zero-order chi connectivity index (χ0) is 24.6. The summed E-state index contributed by atoms with van der Waals surface area (Å²) in [6, 6.07) is 14.6. The van der Waals surface area contributed by atoms with Crippen molar-refractivity contribution in [3.63, 3.8) is 0 Å². The fraction of sp³-hybridized carbons (Fsp3) is 0.346. The number of hydrogen-bond acceptors (Lipinski definition) is 7. The first-order valence-electron chi connectivity index (χ1n) is 11.3. The van der Waals surface area contributed by atoms with Gasteiger partial charge < -0.3 is 23.8 Å². The fourth-order valence-corrected chi connectivity index (χ4v) is 3.90. The molecule has 0 radical (unpaired) electrons. The van der Waals surface area contributed by atoms with Crippen LogP contribution in [0.3, 0.4) is 0 Å². The largest absolute Gasteiger partial charge is 0.497 e. The molecule has 1 N–H and O–H groups in total. The number of furan rings is 1. The molecule has 0 bridgehead atoms. The Morgan fingerprint density at radius 2 is 2.00 bits per heavy atom. The van der Waals surface area contributed by atoms with Crippen molar-refractivity contribution in [1.29, 1.82) is 0 Å². The Hall–Kier alpha value is -3.27. The summed E-state index contributed by atoms with van der Waals surface area (Å²) in [6.45, 7) is 1.06. The minimum absolute atomic E-state index is 0.0716. The summed E-state index contributed by atoms with van der Waals surface area (Å²) < 4.78 is 43.7.